The Bertz CT molecular complexity index is 491. The van der Waals surface area contributed by atoms with Crippen LogP contribution < -0.4 is 5.32 Å². The van der Waals surface area contributed by atoms with Crippen molar-refractivity contribution in [2.75, 3.05) is 25.6 Å². The number of carbonyl (C=O) groups is 1. The van der Waals surface area contributed by atoms with Crippen molar-refractivity contribution in [1.82, 2.24) is 0 Å². The number of amides is 1. The van der Waals surface area contributed by atoms with E-state index in [4.69, 9.17) is 21.4 Å². The van der Waals surface area contributed by atoms with E-state index in [2.05, 4.69) is 17.2 Å². The second kappa shape index (κ2) is 8.54. The summed E-state index contributed by atoms with van der Waals surface area (Å²) in [5, 5.41) is 11.8. The van der Waals surface area contributed by atoms with Gasteiger partial charge in [-0.25, -0.2) is 0 Å². The highest BCUT2D eigenvalue weighted by Gasteiger charge is 2.06. The molecule has 19 heavy (non-hydrogen) atoms. The number of benzene rings is 1. The maximum Gasteiger partial charge on any atom is 0.224 e. The van der Waals surface area contributed by atoms with Crippen LogP contribution in [-0.4, -0.2) is 31.3 Å². The molecule has 1 amide bonds. The summed E-state index contributed by atoms with van der Waals surface area (Å²) < 4.78 is 4.88. The molecule has 0 spiro atoms. The number of halogens is 1. The van der Waals surface area contributed by atoms with Crippen molar-refractivity contribution in [3.8, 4) is 11.8 Å². The second-order valence-electron chi connectivity index (χ2n) is 3.80. The average Bonchev–Trinajstić information content (AvgIpc) is 2.40. The molecule has 5 heteroatoms. The standard InChI is InChI=1S/C14H16ClNO3/c1-19-9-3-5-14(18)16-13-10-11(4-2-8-17)6-7-12(13)15/h6-7,10,17H,3,5,8-9H2,1H3,(H,16,18). The van der Waals surface area contributed by atoms with Crippen LogP contribution in [0, 0.1) is 11.8 Å². The van der Waals surface area contributed by atoms with Crippen LogP contribution in [-0.2, 0) is 9.53 Å². The third kappa shape index (κ3) is 5.75. The van der Waals surface area contributed by atoms with Gasteiger partial charge in [-0.15, -0.1) is 0 Å². The lowest BCUT2D eigenvalue weighted by Gasteiger charge is -2.07. The van der Waals surface area contributed by atoms with Crippen molar-refractivity contribution >= 4 is 23.2 Å². The number of anilines is 1. The molecule has 0 unspecified atom stereocenters. The first kappa shape index (κ1) is 15.5. The molecule has 1 aromatic rings. The summed E-state index contributed by atoms with van der Waals surface area (Å²) in [6.07, 6.45) is 1.03. The van der Waals surface area contributed by atoms with E-state index in [1.165, 1.54) is 0 Å². The van der Waals surface area contributed by atoms with Gasteiger partial charge in [0, 0.05) is 25.7 Å². The minimum Gasteiger partial charge on any atom is -0.385 e. The molecule has 4 nitrogen and oxygen atoms in total. The molecule has 2 N–H and O–H groups in total. The Morgan fingerprint density at radius 2 is 2.32 bits per heavy atom. The van der Waals surface area contributed by atoms with Gasteiger partial charge in [0.1, 0.15) is 6.61 Å². The van der Waals surface area contributed by atoms with Gasteiger partial charge >= 0.3 is 0 Å². The fourth-order valence-electron chi connectivity index (χ4n) is 1.43. The number of hydrogen-bond acceptors (Lipinski definition) is 3. The maximum absolute atomic E-state index is 11.7. The van der Waals surface area contributed by atoms with Crippen LogP contribution in [0.25, 0.3) is 0 Å². The Morgan fingerprint density at radius 1 is 1.53 bits per heavy atom. The van der Waals surface area contributed by atoms with Crippen LogP contribution in [0.4, 0.5) is 5.69 Å². The van der Waals surface area contributed by atoms with Crippen LogP contribution >= 0.6 is 11.6 Å². The van der Waals surface area contributed by atoms with E-state index in [-0.39, 0.29) is 12.5 Å². The number of hydrogen-bond donors (Lipinski definition) is 2. The summed E-state index contributed by atoms with van der Waals surface area (Å²) in [5.41, 5.74) is 1.21. The number of aliphatic hydroxyl groups is 1. The summed E-state index contributed by atoms with van der Waals surface area (Å²) in [6, 6.07) is 5.07. The van der Waals surface area contributed by atoms with Crippen molar-refractivity contribution in [1.29, 1.82) is 0 Å². The molecule has 0 aromatic heterocycles. The van der Waals surface area contributed by atoms with Crippen LogP contribution in [0.5, 0.6) is 0 Å². The first-order chi connectivity index (χ1) is 9.17. The van der Waals surface area contributed by atoms with E-state index < -0.39 is 0 Å². The molecular weight excluding hydrogens is 266 g/mol. The lowest BCUT2D eigenvalue weighted by Crippen LogP contribution is -2.12. The topological polar surface area (TPSA) is 58.6 Å². The first-order valence-electron chi connectivity index (χ1n) is 5.85. The average molecular weight is 282 g/mol. The third-order valence-corrected chi connectivity index (χ3v) is 2.63. The molecule has 1 rings (SSSR count). The zero-order valence-electron chi connectivity index (χ0n) is 10.7. The van der Waals surface area contributed by atoms with Crippen LogP contribution in [0.3, 0.4) is 0 Å². The number of carbonyl (C=O) groups excluding carboxylic acids is 1. The number of nitrogens with one attached hydrogen (secondary N) is 1. The van der Waals surface area contributed by atoms with E-state index in [0.717, 1.165) is 0 Å². The summed E-state index contributed by atoms with van der Waals surface area (Å²) in [6.45, 7) is 0.338. The minimum atomic E-state index is -0.207. The minimum absolute atomic E-state index is 0.119. The molecule has 0 radical (unpaired) electrons. The van der Waals surface area contributed by atoms with Gasteiger partial charge in [-0.3, -0.25) is 4.79 Å². The molecule has 0 atom stereocenters. The molecule has 0 saturated carbocycles. The Morgan fingerprint density at radius 3 is 3.00 bits per heavy atom. The van der Waals surface area contributed by atoms with Crippen molar-refractivity contribution in [2.45, 2.75) is 12.8 Å². The lowest BCUT2D eigenvalue weighted by atomic mass is 10.2. The highest BCUT2D eigenvalue weighted by molar-refractivity contribution is 6.33. The molecular formula is C14H16ClNO3. The van der Waals surface area contributed by atoms with E-state index in [1.807, 2.05) is 0 Å². The van der Waals surface area contributed by atoms with Gasteiger partial charge in [-0.2, -0.15) is 0 Å². The number of ether oxygens (including phenoxy) is 1. The zero-order chi connectivity index (χ0) is 14.1. The van der Waals surface area contributed by atoms with Crippen molar-refractivity contribution in [2.24, 2.45) is 0 Å². The van der Waals surface area contributed by atoms with Crippen LogP contribution in [0.2, 0.25) is 5.02 Å². The molecule has 0 aliphatic heterocycles. The van der Waals surface area contributed by atoms with Crippen molar-refractivity contribution < 1.29 is 14.6 Å². The van der Waals surface area contributed by atoms with Gasteiger partial charge in [-0.05, 0) is 24.6 Å². The smallest absolute Gasteiger partial charge is 0.224 e. The fourth-order valence-corrected chi connectivity index (χ4v) is 1.59. The van der Waals surface area contributed by atoms with Crippen molar-refractivity contribution in [3.05, 3.63) is 28.8 Å². The Kier molecular flexibility index (Phi) is 6.98. The van der Waals surface area contributed by atoms with E-state index in [1.54, 1.807) is 25.3 Å². The molecule has 1 aromatic carbocycles. The Hall–Kier alpha value is -1.54. The Labute approximate surface area is 117 Å². The van der Waals surface area contributed by atoms with E-state index in [9.17, 15) is 4.79 Å². The SMILES string of the molecule is COCCCC(=O)Nc1cc(C#CCO)ccc1Cl. The van der Waals surface area contributed by atoms with E-state index in [0.29, 0.717) is 35.7 Å². The Balaban J connectivity index is 2.68. The summed E-state index contributed by atoms with van der Waals surface area (Å²) in [4.78, 5) is 11.7. The molecule has 0 saturated heterocycles. The normalized spacial score (nSPS) is 9.63. The number of aliphatic hydroxyl groups excluding tert-OH is 1. The summed E-state index contributed by atoms with van der Waals surface area (Å²) in [5.74, 6) is 5.18. The highest BCUT2D eigenvalue weighted by Crippen LogP contribution is 2.23. The first-order valence-corrected chi connectivity index (χ1v) is 6.23. The van der Waals surface area contributed by atoms with Gasteiger partial charge in [-0.1, -0.05) is 23.4 Å². The quantitative estimate of drug-likeness (QED) is 0.641. The molecule has 0 aliphatic rings. The van der Waals surface area contributed by atoms with Gasteiger partial charge in [0.25, 0.3) is 0 Å². The summed E-state index contributed by atoms with van der Waals surface area (Å²) >= 11 is 6.00. The number of methoxy groups -OCH3 is 1. The zero-order valence-corrected chi connectivity index (χ0v) is 11.5. The molecule has 0 heterocycles. The molecule has 0 aliphatic carbocycles. The van der Waals surface area contributed by atoms with Gasteiger partial charge < -0.3 is 15.2 Å². The predicted octanol–water partition coefficient (Wildman–Crippen LogP) is 2.05. The third-order valence-electron chi connectivity index (χ3n) is 2.30. The predicted molar refractivity (Wildman–Crippen MR) is 75.2 cm³/mol. The maximum atomic E-state index is 11.7. The molecule has 0 bridgehead atoms. The van der Waals surface area contributed by atoms with Crippen LogP contribution in [0.1, 0.15) is 18.4 Å². The van der Waals surface area contributed by atoms with Crippen LogP contribution in [0.15, 0.2) is 18.2 Å². The largest absolute Gasteiger partial charge is 0.385 e. The van der Waals surface area contributed by atoms with Gasteiger partial charge in [0.05, 0.1) is 10.7 Å². The second-order valence-corrected chi connectivity index (χ2v) is 4.21. The highest BCUT2D eigenvalue weighted by atomic mass is 35.5. The lowest BCUT2D eigenvalue weighted by molar-refractivity contribution is -0.116. The van der Waals surface area contributed by atoms with Gasteiger partial charge in [0.2, 0.25) is 5.91 Å². The van der Waals surface area contributed by atoms with E-state index >= 15 is 0 Å². The van der Waals surface area contributed by atoms with Crippen molar-refractivity contribution in [3.63, 3.8) is 0 Å². The fraction of sp³-hybridized carbons (Fsp3) is 0.357. The summed E-state index contributed by atoms with van der Waals surface area (Å²) in [7, 11) is 1.60. The number of rotatable bonds is 5. The molecule has 0 fully saturated rings. The molecule has 102 valence electrons. The monoisotopic (exact) mass is 281 g/mol. The van der Waals surface area contributed by atoms with Gasteiger partial charge in [0.15, 0.2) is 0 Å².